The molecule has 0 aliphatic carbocycles. The number of nitrogens with zero attached hydrogens (tertiary/aromatic N) is 2. The van der Waals surface area contributed by atoms with Crippen LogP contribution in [0, 0.1) is 6.92 Å². The summed E-state index contributed by atoms with van der Waals surface area (Å²) in [6.07, 6.45) is 0. The predicted molar refractivity (Wildman–Crippen MR) is 104 cm³/mol. The smallest absolute Gasteiger partial charge is 0.272 e. The Kier molecular flexibility index (Phi) is 5.45. The Morgan fingerprint density at radius 2 is 1.81 bits per heavy atom. The van der Waals surface area contributed by atoms with Gasteiger partial charge in [0.2, 0.25) is 0 Å². The molecule has 0 atom stereocenters. The van der Waals surface area contributed by atoms with Gasteiger partial charge in [0.15, 0.2) is 5.69 Å². The first-order valence-corrected chi connectivity index (χ1v) is 8.62. The van der Waals surface area contributed by atoms with E-state index in [0.29, 0.717) is 12.2 Å². The van der Waals surface area contributed by atoms with Gasteiger partial charge in [-0.15, -0.1) is 0 Å². The Labute approximate surface area is 158 Å². The number of carbonyl (C=O) groups excluding carboxylic acids is 1. The number of aromatic nitrogens is 2. The molecule has 0 bridgehead atoms. The van der Waals surface area contributed by atoms with Crippen molar-refractivity contribution in [2.75, 3.05) is 14.2 Å². The standard InChI is InChI=1S/C21H23N3O3/c1-14-11-16(7-10-20(14)27-4)19-12-18(23-24(19)2)21(25)22-13-15-5-8-17(26-3)9-6-15/h5-12H,13H2,1-4H3,(H,22,25). The molecule has 1 N–H and O–H groups in total. The Hall–Kier alpha value is -3.28. The maximum atomic E-state index is 12.5. The van der Waals surface area contributed by atoms with Crippen LogP contribution in [0.2, 0.25) is 0 Å². The molecule has 0 unspecified atom stereocenters. The predicted octanol–water partition coefficient (Wildman–Crippen LogP) is 3.34. The van der Waals surface area contributed by atoms with Crippen molar-refractivity contribution >= 4 is 5.91 Å². The number of benzene rings is 2. The maximum absolute atomic E-state index is 12.5. The minimum atomic E-state index is -0.210. The molecule has 0 saturated carbocycles. The quantitative estimate of drug-likeness (QED) is 0.728. The lowest BCUT2D eigenvalue weighted by molar-refractivity contribution is 0.0945. The van der Waals surface area contributed by atoms with Crippen molar-refractivity contribution in [3.63, 3.8) is 0 Å². The molecular weight excluding hydrogens is 342 g/mol. The van der Waals surface area contributed by atoms with E-state index in [0.717, 1.165) is 33.9 Å². The Morgan fingerprint density at radius 3 is 2.44 bits per heavy atom. The molecule has 6 nitrogen and oxygen atoms in total. The monoisotopic (exact) mass is 365 g/mol. The number of hydrogen-bond donors (Lipinski definition) is 1. The van der Waals surface area contributed by atoms with Gasteiger partial charge < -0.3 is 14.8 Å². The van der Waals surface area contributed by atoms with Gasteiger partial charge in [-0.05, 0) is 54.4 Å². The van der Waals surface area contributed by atoms with Crippen LogP contribution >= 0.6 is 0 Å². The number of amides is 1. The molecule has 140 valence electrons. The van der Waals surface area contributed by atoms with E-state index in [1.807, 2.05) is 56.4 Å². The Bertz CT molecular complexity index is 946. The van der Waals surface area contributed by atoms with Crippen molar-refractivity contribution in [1.29, 1.82) is 0 Å². The molecule has 1 amide bonds. The van der Waals surface area contributed by atoms with E-state index >= 15 is 0 Å². The van der Waals surface area contributed by atoms with Gasteiger partial charge in [0, 0.05) is 19.2 Å². The first kappa shape index (κ1) is 18.5. The summed E-state index contributed by atoms with van der Waals surface area (Å²) < 4.78 is 12.2. The number of aryl methyl sites for hydroxylation is 2. The van der Waals surface area contributed by atoms with Crippen LogP contribution in [-0.4, -0.2) is 29.9 Å². The van der Waals surface area contributed by atoms with E-state index in [1.54, 1.807) is 25.0 Å². The van der Waals surface area contributed by atoms with Crippen LogP contribution in [-0.2, 0) is 13.6 Å². The summed E-state index contributed by atoms with van der Waals surface area (Å²) >= 11 is 0. The second-order valence-corrected chi connectivity index (χ2v) is 6.25. The largest absolute Gasteiger partial charge is 0.497 e. The van der Waals surface area contributed by atoms with Crippen LogP contribution < -0.4 is 14.8 Å². The Morgan fingerprint density at radius 1 is 1.07 bits per heavy atom. The summed E-state index contributed by atoms with van der Waals surface area (Å²) in [7, 11) is 5.10. The van der Waals surface area contributed by atoms with Crippen molar-refractivity contribution in [3.8, 4) is 22.8 Å². The number of rotatable bonds is 6. The number of nitrogens with one attached hydrogen (secondary N) is 1. The fourth-order valence-electron chi connectivity index (χ4n) is 2.90. The van der Waals surface area contributed by atoms with E-state index in [9.17, 15) is 4.79 Å². The third-order valence-corrected chi connectivity index (χ3v) is 4.42. The molecule has 3 rings (SSSR count). The molecule has 0 fully saturated rings. The number of methoxy groups -OCH3 is 2. The highest BCUT2D eigenvalue weighted by atomic mass is 16.5. The highest BCUT2D eigenvalue weighted by Gasteiger charge is 2.14. The normalized spacial score (nSPS) is 10.5. The third kappa shape index (κ3) is 4.11. The summed E-state index contributed by atoms with van der Waals surface area (Å²) in [4.78, 5) is 12.5. The van der Waals surface area contributed by atoms with Crippen molar-refractivity contribution in [2.45, 2.75) is 13.5 Å². The highest BCUT2D eigenvalue weighted by molar-refractivity contribution is 5.93. The highest BCUT2D eigenvalue weighted by Crippen LogP contribution is 2.26. The molecule has 0 spiro atoms. The molecule has 1 heterocycles. The lowest BCUT2D eigenvalue weighted by Gasteiger charge is -2.07. The molecule has 0 aliphatic heterocycles. The van der Waals surface area contributed by atoms with Crippen LogP contribution in [0.1, 0.15) is 21.6 Å². The van der Waals surface area contributed by atoms with Gasteiger partial charge in [-0.25, -0.2) is 0 Å². The first-order chi connectivity index (χ1) is 13.0. The van der Waals surface area contributed by atoms with Gasteiger partial charge in [-0.1, -0.05) is 12.1 Å². The average Bonchev–Trinajstić information content (AvgIpc) is 3.08. The second kappa shape index (κ2) is 7.95. The van der Waals surface area contributed by atoms with Gasteiger partial charge in [-0.2, -0.15) is 5.10 Å². The summed E-state index contributed by atoms with van der Waals surface area (Å²) in [5.41, 5.74) is 4.26. The second-order valence-electron chi connectivity index (χ2n) is 6.25. The van der Waals surface area contributed by atoms with Gasteiger partial charge >= 0.3 is 0 Å². The molecule has 2 aromatic carbocycles. The fourth-order valence-corrected chi connectivity index (χ4v) is 2.90. The van der Waals surface area contributed by atoms with Crippen LogP contribution in [0.5, 0.6) is 11.5 Å². The van der Waals surface area contributed by atoms with Crippen LogP contribution in [0.25, 0.3) is 11.3 Å². The minimum Gasteiger partial charge on any atom is -0.497 e. The average molecular weight is 365 g/mol. The van der Waals surface area contributed by atoms with Crippen molar-refractivity contribution in [3.05, 3.63) is 65.4 Å². The molecule has 0 aliphatic rings. The maximum Gasteiger partial charge on any atom is 0.272 e. The van der Waals surface area contributed by atoms with Crippen molar-refractivity contribution in [2.24, 2.45) is 7.05 Å². The molecule has 0 radical (unpaired) electrons. The van der Waals surface area contributed by atoms with Crippen molar-refractivity contribution < 1.29 is 14.3 Å². The van der Waals surface area contributed by atoms with E-state index < -0.39 is 0 Å². The molecule has 0 saturated heterocycles. The fraction of sp³-hybridized carbons (Fsp3) is 0.238. The zero-order valence-corrected chi connectivity index (χ0v) is 15.9. The van der Waals surface area contributed by atoms with Crippen molar-refractivity contribution in [1.82, 2.24) is 15.1 Å². The Balaban J connectivity index is 1.73. The van der Waals surface area contributed by atoms with Crippen LogP contribution in [0.15, 0.2) is 48.5 Å². The third-order valence-electron chi connectivity index (χ3n) is 4.42. The SMILES string of the molecule is COc1ccc(CNC(=O)c2cc(-c3ccc(OC)c(C)c3)n(C)n2)cc1. The summed E-state index contributed by atoms with van der Waals surface area (Å²) in [6.45, 7) is 2.41. The lowest BCUT2D eigenvalue weighted by Crippen LogP contribution is -2.23. The van der Waals surface area contributed by atoms with Gasteiger partial charge in [0.1, 0.15) is 11.5 Å². The van der Waals surface area contributed by atoms with Gasteiger partial charge in [0.05, 0.1) is 19.9 Å². The molecule has 27 heavy (non-hydrogen) atoms. The topological polar surface area (TPSA) is 65.4 Å². The minimum absolute atomic E-state index is 0.210. The molecule has 6 heteroatoms. The van der Waals surface area contributed by atoms with E-state index in [1.165, 1.54) is 0 Å². The van der Waals surface area contributed by atoms with E-state index in [4.69, 9.17) is 9.47 Å². The molecule has 3 aromatic rings. The van der Waals surface area contributed by atoms with Crippen LogP contribution in [0.3, 0.4) is 0 Å². The number of carbonyl (C=O) groups is 1. The lowest BCUT2D eigenvalue weighted by atomic mass is 10.1. The summed E-state index contributed by atoms with van der Waals surface area (Å²) in [5, 5.41) is 7.25. The summed E-state index contributed by atoms with van der Waals surface area (Å²) in [5.74, 6) is 1.41. The van der Waals surface area contributed by atoms with E-state index in [2.05, 4.69) is 10.4 Å². The molecule has 1 aromatic heterocycles. The zero-order chi connectivity index (χ0) is 19.4. The van der Waals surface area contributed by atoms with Gasteiger partial charge in [0.25, 0.3) is 5.91 Å². The number of ether oxygens (including phenoxy) is 2. The number of hydrogen-bond acceptors (Lipinski definition) is 4. The summed E-state index contributed by atoms with van der Waals surface area (Å²) in [6, 6.07) is 15.3. The first-order valence-electron chi connectivity index (χ1n) is 8.62. The van der Waals surface area contributed by atoms with Gasteiger partial charge in [-0.3, -0.25) is 9.48 Å². The van der Waals surface area contributed by atoms with E-state index in [-0.39, 0.29) is 5.91 Å². The molecular formula is C21H23N3O3. The van der Waals surface area contributed by atoms with Crippen LogP contribution in [0.4, 0.5) is 0 Å². The zero-order valence-electron chi connectivity index (χ0n) is 15.9.